The maximum Gasteiger partial charge on any atom is 0.330 e. The van der Waals surface area contributed by atoms with Crippen LogP contribution in [0.4, 0.5) is 0 Å². The molecular weight excluding hydrogens is 319 g/mol. The predicted molar refractivity (Wildman–Crippen MR) is 73.7 cm³/mol. The zero-order valence-electron chi connectivity index (χ0n) is 11.9. The summed E-state index contributed by atoms with van der Waals surface area (Å²) < 4.78 is 27.8. The summed E-state index contributed by atoms with van der Waals surface area (Å²) in [4.78, 5) is 34.2. The van der Waals surface area contributed by atoms with E-state index in [1.165, 1.54) is 7.11 Å². The molecule has 0 saturated carbocycles. The second kappa shape index (κ2) is 6.45. The third kappa shape index (κ3) is 3.72. The van der Waals surface area contributed by atoms with Crippen LogP contribution in [-0.2, 0) is 18.6 Å². The molecule has 22 heavy (non-hydrogen) atoms. The molecule has 2 heterocycles. The monoisotopic (exact) mass is 336 g/mol. The topological polar surface area (TPSA) is 140 Å². The quantitative estimate of drug-likeness (QED) is 0.560. The Morgan fingerprint density at radius 3 is 2.73 bits per heavy atom. The summed E-state index contributed by atoms with van der Waals surface area (Å²) in [5.41, 5.74) is -1.37. The number of H-pyrrole nitrogens is 1. The fourth-order valence-electron chi connectivity index (χ4n) is 2.23. The van der Waals surface area contributed by atoms with Gasteiger partial charge in [0.15, 0.2) is 6.23 Å². The van der Waals surface area contributed by atoms with Gasteiger partial charge in [0, 0.05) is 26.0 Å². The number of rotatable bonds is 5. The molecular formula is C11H17N2O8P. The Balaban J connectivity index is 2.32. The Kier molecular flexibility index (Phi) is 5.00. The number of aromatic nitrogens is 2. The Morgan fingerprint density at radius 2 is 2.18 bits per heavy atom. The summed E-state index contributed by atoms with van der Waals surface area (Å²) in [6.45, 7) is 0.958. The van der Waals surface area contributed by atoms with Crippen LogP contribution in [0.15, 0.2) is 21.9 Å². The van der Waals surface area contributed by atoms with Crippen LogP contribution in [0.3, 0.4) is 0 Å². The van der Waals surface area contributed by atoms with Gasteiger partial charge in [-0.3, -0.25) is 23.4 Å². The van der Waals surface area contributed by atoms with Gasteiger partial charge in [0.2, 0.25) is 0 Å². The van der Waals surface area contributed by atoms with Crippen LogP contribution in [0, 0.1) is 0 Å². The van der Waals surface area contributed by atoms with Crippen molar-refractivity contribution in [2.75, 3.05) is 20.4 Å². The van der Waals surface area contributed by atoms with Crippen molar-refractivity contribution in [1.29, 1.82) is 0 Å². The minimum absolute atomic E-state index is 0.0175. The molecule has 0 bridgehead atoms. The van der Waals surface area contributed by atoms with Crippen molar-refractivity contribution in [2.24, 2.45) is 0 Å². The molecule has 1 saturated heterocycles. The van der Waals surface area contributed by atoms with Crippen molar-refractivity contribution in [2.45, 2.75) is 24.5 Å². The number of ether oxygens (including phenoxy) is 2. The molecule has 0 radical (unpaired) electrons. The van der Waals surface area contributed by atoms with Gasteiger partial charge < -0.3 is 19.5 Å². The third-order valence-electron chi connectivity index (χ3n) is 3.08. The van der Waals surface area contributed by atoms with E-state index in [4.69, 9.17) is 14.0 Å². The number of methoxy groups -OCH3 is 1. The summed E-state index contributed by atoms with van der Waals surface area (Å²) in [6, 6.07) is 1.09. The highest BCUT2D eigenvalue weighted by atomic mass is 31.2. The smallest absolute Gasteiger partial charge is 0.330 e. The summed E-state index contributed by atoms with van der Waals surface area (Å²) in [5, 5.41) is 10.3. The highest BCUT2D eigenvalue weighted by Crippen LogP contribution is 2.43. The van der Waals surface area contributed by atoms with E-state index in [9.17, 15) is 24.2 Å². The standard InChI is InChI=1S/C11H17N2O8P/c1-19-5-6-9(21-22(2,17)18)8(15)10(20-6)13-4-3-7(14)12-11(13)16/h3-4,6,8-10,15H,5H2,1-2H3,(H,17,18)(H,12,14,16)/t6-,8?,9+,10-/m1/s1. The van der Waals surface area contributed by atoms with Gasteiger partial charge in [0.1, 0.15) is 18.3 Å². The molecule has 10 nitrogen and oxygen atoms in total. The van der Waals surface area contributed by atoms with Gasteiger partial charge in [-0.25, -0.2) is 4.79 Å². The highest BCUT2D eigenvalue weighted by Gasteiger charge is 2.47. The van der Waals surface area contributed by atoms with E-state index in [2.05, 4.69) is 0 Å². The van der Waals surface area contributed by atoms with Gasteiger partial charge in [-0.2, -0.15) is 0 Å². The van der Waals surface area contributed by atoms with Crippen LogP contribution < -0.4 is 11.2 Å². The van der Waals surface area contributed by atoms with E-state index in [0.29, 0.717) is 0 Å². The Morgan fingerprint density at radius 1 is 1.50 bits per heavy atom. The molecule has 0 spiro atoms. The SMILES string of the molecule is COC[C@H]1O[C@@H](n2ccc(=O)[nH]c2=O)C(O)[C@H]1OP(C)(=O)O. The van der Waals surface area contributed by atoms with Crippen LogP contribution in [0.5, 0.6) is 0 Å². The van der Waals surface area contributed by atoms with E-state index in [0.717, 1.165) is 23.5 Å². The molecule has 2 rings (SSSR count). The molecule has 1 aromatic heterocycles. The number of aliphatic hydroxyl groups excluding tert-OH is 1. The van der Waals surface area contributed by atoms with E-state index >= 15 is 0 Å². The first kappa shape index (κ1) is 17.1. The molecule has 5 atom stereocenters. The molecule has 1 aliphatic heterocycles. The van der Waals surface area contributed by atoms with Crippen LogP contribution in [0.2, 0.25) is 0 Å². The van der Waals surface area contributed by atoms with E-state index in [1.807, 2.05) is 4.98 Å². The Bertz CT molecular complexity index is 679. The Labute approximate surface area is 124 Å². The van der Waals surface area contributed by atoms with Crippen molar-refractivity contribution in [1.82, 2.24) is 9.55 Å². The number of hydrogen-bond acceptors (Lipinski definition) is 7. The average molecular weight is 336 g/mol. The molecule has 1 aliphatic rings. The first-order chi connectivity index (χ1) is 10.2. The fraction of sp³-hybridized carbons (Fsp3) is 0.636. The van der Waals surface area contributed by atoms with Crippen LogP contribution in [0.1, 0.15) is 6.23 Å². The summed E-state index contributed by atoms with van der Waals surface area (Å²) >= 11 is 0. The zero-order valence-corrected chi connectivity index (χ0v) is 12.8. The maximum absolute atomic E-state index is 11.8. The lowest BCUT2D eigenvalue weighted by Crippen LogP contribution is -2.38. The molecule has 3 N–H and O–H groups in total. The van der Waals surface area contributed by atoms with Crippen molar-refractivity contribution in [3.8, 4) is 0 Å². The fourth-order valence-corrected chi connectivity index (χ4v) is 2.94. The highest BCUT2D eigenvalue weighted by molar-refractivity contribution is 7.51. The number of nitrogens with one attached hydrogen (secondary N) is 1. The normalized spacial score (nSPS) is 31.1. The summed E-state index contributed by atoms with van der Waals surface area (Å²) in [7, 11) is -2.51. The largest absolute Gasteiger partial charge is 0.386 e. The van der Waals surface area contributed by atoms with Crippen molar-refractivity contribution in [3.63, 3.8) is 0 Å². The van der Waals surface area contributed by atoms with Crippen LogP contribution >= 0.6 is 7.60 Å². The lowest BCUT2D eigenvalue weighted by Gasteiger charge is -2.21. The Hall–Kier alpha value is -1.29. The number of aromatic amines is 1. The lowest BCUT2D eigenvalue weighted by molar-refractivity contribution is -0.0607. The zero-order chi connectivity index (χ0) is 16.5. The number of nitrogens with zero attached hydrogens (tertiary/aromatic N) is 1. The van der Waals surface area contributed by atoms with Crippen LogP contribution in [-0.4, -0.2) is 58.2 Å². The molecule has 0 aliphatic carbocycles. The second-order valence-electron chi connectivity index (χ2n) is 4.90. The molecule has 0 amide bonds. The van der Waals surface area contributed by atoms with Gasteiger partial charge in [-0.1, -0.05) is 0 Å². The molecule has 2 unspecified atom stereocenters. The number of hydrogen-bond donors (Lipinski definition) is 3. The molecule has 124 valence electrons. The van der Waals surface area contributed by atoms with Crippen molar-refractivity contribution in [3.05, 3.63) is 33.1 Å². The third-order valence-corrected chi connectivity index (χ3v) is 3.72. The van der Waals surface area contributed by atoms with E-state index in [1.54, 1.807) is 0 Å². The minimum Gasteiger partial charge on any atom is -0.386 e. The first-order valence-corrected chi connectivity index (χ1v) is 8.38. The molecule has 1 fully saturated rings. The summed E-state index contributed by atoms with van der Waals surface area (Å²) in [5.74, 6) is 0. The molecule has 0 aromatic carbocycles. The average Bonchev–Trinajstić information content (AvgIpc) is 2.67. The van der Waals surface area contributed by atoms with Gasteiger partial charge >= 0.3 is 13.3 Å². The predicted octanol–water partition coefficient (Wildman–Crippen LogP) is -1.36. The maximum atomic E-state index is 11.8. The summed E-state index contributed by atoms with van der Waals surface area (Å²) in [6.07, 6.45) is -3.44. The lowest BCUT2D eigenvalue weighted by atomic mass is 10.1. The number of aliphatic hydroxyl groups is 1. The first-order valence-electron chi connectivity index (χ1n) is 6.35. The van der Waals surface area contributed by atoms with Crippen molar-refractivity contribution < 1.29 is 28.6 Å². The minimum atomic E-state index is -3.89. The van der Waals surface area contributed by atoms with Gasteiger partial charge in [-0.15, -0.1) is 0 Å². The molecule has 1 aromatic rings. The van der Waals surface area contributed by atoms with Gasteiger partial charge in [-0.05, 0) is 0 Å². The van der Waals surface area contributed by atoms with Crippen LogP contribution in [0.25, 0.3) is 0 Å². The van der Waals surface area contributed by atoms with E-state index in [-0.39, 0.29) is 6.61 Å². The van der Waals surface area contributed by atoms with Crippen molar-refractivity contribution >= 4 is 7.60 Å². The van der Waals surface area contributed by atoms with Gasteiger partial charge in [0.05, 0.1) is 6.61 Å². The molecule has 11 heteroatoms. The van der Waals surface area contributed by atoms with Gasteiger partial charge in [0.25, 0.3) is 5.56 Å². The van der Waals surface area contributed by atoms with E-state index < -0.39 is 43.4 Å². The second-order valence-corrected chi connectivity index (χ2v) is 6.72.